The van der Waals surface area contributed by atoms with Crippen LogP contribution in [0.25, 0.3) is 0 Å². The number of anilines is 1. The van der Waals surface area contributed by atoms with Crippen molar-refractivity contribution < 1.29 is 19.0 Å². The van der Waals surface area contributed by atoms with E-state index in [1.54, 1.807) is 25.1 Å². The maximum absolute atomic E-state index is 12.6. The van der Waals surface area contributed by atoms with E-state index in [2.05, 4.69) is 10.4 Å². The molecule has 9 heteroatoms. The van der Waals surface area contributed by atoms with Crippen LogP contribution < -0.4 is 14.8 Å². The highest BCUT2D eigenvalue weighted by atomic mass is 35.5. The summed E-state index contributed by atoms with van der Waals surface area (Å²) in [5.41, 5.74) is 1.75. The van der Waals surface area contributed by atoms with Gasteiger partial charge in [-0.3, -0.25) is 9.48 Å². The van der Waals surface area contributed by atoms with Gasteiger partial charge >= 0.3 is 0 Å². The highest BCUT2D eigenvalue weighted by Gasteiger charge is 2.26. The zero-order valence-electron chi connectivity index (χ0n) is 17.1. The highest BCUT2D eigenvalue weighted by molar-refractivity contribution is 6.32. The van der Waals surface area contributed by atoms with Gasteiger partial charge in [0.25, 0.3) is 0 Å². The number of nitrogens with one attached hydrogen (secondary N) is 1. The van der Waals surface area contributed by atoms with Gasteiger partial charge in [0.05, 0.1) is 43.3 Å². The second-order valence-corrected chi connectivity index (χ2v) is 7.56. The SMILES string of the molecule is COc1cc(CNc2cnn(CC(=O)N3C[C@@H](C)O[C@H](C)C3)c2)cc(Cl)c1OC. The predicted molar refractivity (Wildman–Crippen MR) is 111 cm³/mol. The largest absolute Gasteiger partial charge is 0.493 e. The molecule has 0 spiro atoms. The van der Waals surface area contributed by atoms with Gasteiger partial charge in [-0.2, -0.15) is 5.10 Å². The summed E-state index contributed by atoms with van der Waals surface area (Å²) in [5.74, 6) is 1.12. The number of rotatable bonds is 7. The summed E-state index contributed by atoms with van der Waals surface area (Å²) < 4.78 is 17.9. The van der Waals surface area contributed by atoms with Gasteiger partial charge in [-0.25, -0.2) is 0 Å². The van der Waals surface area contributed by atoms with Crippen molar-refractivity contribution in [3.63, 3.8) is 0 Å². The first kappa shape index (κ1) is 21.3. The molecular weight excluding hydrogens is 396 g/mol. The van der Waals surface area contributed by atoms with Gasteiger partial charge in [0.1, 0.15) is 6.54 Å². The Hall–Kier alpha value is -2.45. The number of morpholine rings is 1. The number of ether oxygens (including phenoxy) is 3. The quantitative estimate of drug-likeness (QED) is 0.739. The number of amides is 1. The van der Waals surface area contributed by atoms with Crippen molar-refractivity contribution >= 4 is 23.2 Å². The second kappa shape index (κ2) is 9.37. The second-order valence-electron chi connectivity index (χ2n) is 7.15. The van der Waals surface area contributed by atoms with Gasteiger partial charge in [0, 0.05) is 25.8 Å². The summed E-state index contributed by atoms with van der Waals surface area (Å²) >= 11 is 6.25. The molecule has 1 fully saturated rings. The number of carbonyl (C=O) groups is 1. The maximum Gasteiger partial charge on any atom is 0.244 e. The lowest BCUT2D eigenvalue weighted by Gasteiger charge is -2.35. The van der Waals surface area contributed by atoms with Crippen molar-refractivity contribution in [2.24, 2.45) is 0 Å². The number of aromatic nitrogens is 2. The number of nitrogens with zero attached hydrogens (tertiary/aromatic N) is 3. The molecule has 0 aliphatic carbocycles. The number of benzene rings is 1. The van der Waals surface area contributed by atoms with E-state index in [1.165, 1.54) is 0 Å². The predicted octanol–water partition coefficient (Wildman–Crippen LogP) is 2.80. The zero-order valence-corrected chi connectivity index (χ0v) is 17.9. The molecule has 1 N–H and O–H groups in total. The van der Waals surface area contributed by atoms with Gasteiger partial charge < -0.3 is 24.4 Å². The van der Waals surface area contributed by atoms with E-state index in [9.17, 15) is 4.79 Å². The van der Waals surface area contributed by atoms with Crippen LogP contribution in [0.4, 0.5) is 5.69 Å². The Balaban J connectivity index is 1.58. The minimum absolute atomic E-state index is 0.0355. The third-order valence-electron chi connectivity index (χ3n) is 4.69. The fourth-order valence-electron chi connectivity index (χ4n) is 3.44. The molecule has 3 rings (SSSR count). The Labute approximate surface area is 175 Å². The normalized spacial score (nSPS) is 19.1. The van der Waals surface area contributed by atoms with E-state index in [1.807, 2.05) is 37.1 Å². The molecule has 0 bridgehead atoms. The van der Waals surface area contributed by atoms with E-state index in [0.29, 0.717) is 36.2 Å². The summed E-state index contributed by atoms with van der Waals surface area (Å²) in [6.45, 7) is 5.89. The molecule has 2 aromatic rings. The molecule has 29 heavy (non-hydrogen) atoms. The highest BCUT2D eigenvalue weighted by Crippen LogP contribution is 2.36. The number of methoxy groups -OCH3 is 2. The van der Waals surface area contributed by atoms with Crippen LogP contribution in [0.1, 0.15) is 19.4 Å². The molecule has 1 aliphatic heterocycles. The van der Waals surface area contributed by atoms with Gasteiger partial charge in [-0.15, -0.1) is 0 Å². The van der Waals surface area contributed by atoms with Crippen LogP contribution in [-0.2, 0) is 22.6 Å². The zero-order chi connectivity index (χ0) is 21.0. The molecule has 0 saturated carbocycles. The number of hydrogen-bond acceptors (Lipinski definition) is 6. The van der Waals surface area contributed by atoms with Crippen molar-refractivity contribution in [2.75, 3.05) is 32.6 Å². The van der Waals surface area contributed by atoms with Gasteiger partial charge in [-0.05, 0) is 31.5 Å². The Morgan fingerprint density at radius 2 is 2.00 bits per heavy atom. The Morgan fingerprint density at radius 1 is 1.28 bits per heavy atom. The number of hydrogen-bond donors (Lipinski definition) is 1. The number of halogens is 1. The third-order valence-corrected chi connectivity index (χ3v) is 4.97. The van der Waals surface area contributed by atoms with Crippen LogP contribution in [-0.4, -0.2) is 60.1 Å². The molecular formula is C20H27ClN4O4. The lowest BCUT2D eigenvalue weighted by Crippen LogP contribution is -2.49. The van der Waals surface area contributed by atoms with Crippen molar-refractivity contribution in [2.45, 2.75) is 39.1 Å². The topological polar surface area (TPSA) is 77.9 Å². The van der Waals surface area contributed by atoms with Crippen LogP contribution in [0.5, 0.6) is 11.5 Å². The van der Waals surface area contributed by atoms with Gasteiger partial charge in [0.2, 0.25) is 5.91 Å². The molecule has 1 amide bonds. The van der Waals surface area contributed by atoms with E-state index in [4.69, 9.17) is 25.8 Å². The van der Waals surface area contributed by atoms with Crippen molar-refractivity contribution in [1.82, 2.24) is 14.7 Å². The number of carbonyl (C=O) groups excluding carboxylic acids is 1. The maximum atomic E-state index is 12.6. The van der Waals surface area contributed by atoms with E-state index in [-0.39, 0.29) is 24.7 Å². The van der Waals surface area contributed by atoms with Crippen LogP contribution in [0.3, 0.4) is 0 Å². The molecule has 0 unspecified atom stereocenters. The fraction of sp³-hybridized carbons (Fsp3) is 0.500. The lowest BCUT2D eigenvalue weighted by atomic mass is 10.2. The first-order chi connectivity index (χ1) is 13.9. The molecule has 2 atom stereocenters. The molecule has 8 nitrogen and oxygen atoms in total. The molecule has 2 heterocycles. The average Bonchev–Trinajstić information content (AvgIpc) is 3.12. The fourth-order valence-corrected chi connectivity index (χ4v) is 3.75. The Kier molecular flexibility index (Phi) is 6.87. The average molecular weight is 423 g/mol. The first-order valence-corrected chi connectivity index (χ1v) is 9.87. The molecule has 1 aromatic heterocycles. The summed E-state index contributed by atoms with van der Waals surface area (Å²) in [5, 5.41) is 8.05. The van der Waals surface area contributed by atoms with Crippen LogP contribution in [0.15, 0.2) is 24.5 Å². The van der Waals surface area contributed by atoms with Crippen molar-refractivity contribution in [3.05, 3.63) is 35.1 Å². The van der Waals surface area contributed by atoms with E-state index < -0.39 is 0 Å². The molecule has 1 saturated heterocycles. The molecule has 1 aromatic carbocycles. The van der Waals surface area contributed by atoms with E-state index >= 15 is 0 Å². The van der Waals surface area contributed by atoms with Gasteiger partial charge in [0.15, 0.2) is 11.5 Å². The molecule has 0 radical (unpaired) electrons. The standard InChI is InChI=1S/C20H27ClN4O4/c1-13-9-24(10-14(2)29-13)19(26)12-25-11-16(8-23-25)22-7-15-5-17(21)20(28-4)18(6-15)27-3/h5-6,8,11,13-14,22H,7,9-10,12H2,1-4H3/t13-,14-/m1/s1. The van der Waals surface area contributed by atoms with Gasteiger partial charge in [-0.1, -0.05) is 11.6 Å². The van der Waals surface area contributed by atoms with E-state index in [0.717, 1.165) is 11.3 Å². The third kappa shape index (κ3) is 5.33. The van der Waals surface area contributed by atoms with Crippen molar-refractivity contribution in [1.29, 1.82) is 0 Å². The smallest absolute Gasteiger partial charge is 0.244 e. The summed E-state index contributed by atoms with van der Waals surface area (Å²) in [6.07, 6.45) is 3.60. The minimum Gasteiger partial charge on any atom is -0.493 e. The lowest BCUT2D eigenvalue weighted by molar-refractivity contribution is -0.144. The monoisotopic (exact) mass is 422 g/mol. The Morgan fingerprint density at radius 3 is 2.66 bits per heavy atom. The van der Waals surface area contributed by atoms with Crippen molar-refractivity contribution in [3.8, 4) is 11.5 Å². The minimum atomic E-state index is 0.0355. The molecule has 1 aliphatic rings. The van der Waals surface area contributed by atoms with Crippen LogP contribution in [0.2, 0.25) is 5.02 Å². The van der Waals surface area contributed by atoms with Crippen LogP contribution >= 0.6 is 11.6 Å². The summed E-state index contributed by atoms with van der Waals surface area (Å²) in [7, 11) is 3.12. The van der Waals surface area contributed by atoms with Crippen LogP contribution in [0, 0.1) is 0 Å². The summed E-state index contributed by atoms with van der Waals surface area (Å²) in [4.78, 5) is 14.4. The molecule has 158 valence electrons. The summed E-state index contributed by atoms with van der Waals surface area (Å²) in [6, 6.07) is 3.69. The first-order valence-electron chi connectivity index (χ1n) is 9.49. The Bertz CT molecular complexity index is 847.